The van der Waals surface area contributed by atoms with Gasteiger partial charge in [-0.3, -0.25) is 4.79 Å². The summed E-state index contributed by atoms with van der Waals surface area (Å²) in [6.45, 7) is 0. The van der Waals surface area contributed by atoms with Crippen LogP contribution in [0.5, 0.6) is 0 Å². The van der Waals surface area contributed by atoms with Gasteiger partial charge in [-0.1, -0.05) is 56.1 Å². The van der Waals surface area contributed by atoms with Crippen LogP contribution in [-0.4, -0.2) is 5.78 Å². The molecular formula is C17H9Br2FO. The van der Waals surface area contributed by atoms with Crippen molar-refractivity contribution >= 4 is 48.4 Å². The lowest BCUT2D eigenvalue weighted by molar-refractivity contribution is 0.103. The van der Waals surface area contributed by atoms with Crippen LogP contribution >= 0.6 is 31.9 Å². The maximum absolute atomic E-state index is 13.8. The molecule has 104 valence electrons. The van der Waals surface area contributed by atoms with E-state index in [1.807, 2.05) is 12.1 Å². The standard InChI is InChI=1S/C17H9Br2FO/c18-10-5-7-15(19)14(9-10)17(21)13-6-8-16(20)12-4-2-1-3-11(12)13/h1-9H. The van der Waals surface area contributed by atoms with E-state index in [-0.39, 0.29) is 11.6 Å². The summed E-state index contributed by atoms with van der Waals surface area (Å²) in [5.74, 6) is -0.463. The van der Waals surface area contributed by atoms with Crippen molar-refractivity contribution in [2.45, 2.75) is 0 Å². The summed E-state index contributed by atoms with van der Waals surface area (Å²) < 4.78 is 15.4. The molecule has 3 rings (SSSR count). The van der Waals surface area contributed by atoms with Gasteiger partial charge >= 0.3 is 0 Å². The van der Waals surface area contributed by atoms with Gasteiger partial charge in [0.05, 0.1) is 0 Å². The number of fused-ring (bicyclic) bond motifs is 1. The van der Waals surface area contributed by atoms with E-state index in [4.69, 9.17) is 0 Å². The first-order valence-corrected chi connectivity index (χ1v) is 7.83. The molecule has 0 atom stereocenters. The number of halogens is 3. The van der Waals surface area contributed by atoms with Crippen LogP contribution in [0.1, 0.15) is 15.9 Å². The third-order valence-electron chi connectivity index (χ3n) is 3.29. The van der Waals surface area contributed by atoms with Crippen LogP contribution in [0.2, 0.25) is 0 Å². The maximum atomic E-state index is 13.8. The Morgan fingerprint density at radius 1 is 0.857 bits per heavy atom. The van der Waals surface area contributed by atoms with Gasteiger partial charge in [-0.05, 0) is 35.7 Å². The molecule has 4 heteroatoms. The first-order chi connectivity index (χ1) is 10.1. The Kier molecular flexibility index (Phi) is 3.91. The van der Waals surface area contributed by atoms with Gasteiger partial charge in [0, 0.05) is 25.5 Å². The Morgan fingerprint density at radius 3 is 2.33 bits per heavy atom. The third kappa shape index (κ3) is 2.65. The molecule has 0 amide bonds. The van der Waals surface area contributed by atoms with Crippen LogP contribution in [0, 0.1) is 5.82 Å². The van der Waals surface area contributed by atoms with Gasteiger partial charge in [0.15, 0.2) is 5.78 Å². The van der Waals surface area contributed by atoms with Crippen LogP contribution in [0.4, 0.5) is 4.39 Å². The van der Waals surface area contributed by atoms with Crippen molar-refractivity contribution in [2.75, 3.05) is 0 Å². The molecule has 0 N–H and O–H groups in total. The van der Waals surface area contributed by atoms with E-state index >= 15 is 0 Å². The number of benzene rings is 3. The zero-order valence-electron chi connectivity index (χ0n) is 10.7. The first-order valence-electron chi connectivity index (χ1n) is 6.25. The highest BCUT2D eigenvalue weighted by atomic mass is 79.9. The largest absolute Gasteiger partial charge is 0.289 e. The summed E-state index contributed by atoms with van der Waals surface area (Å²) in [7, 11) is 0. The summed E-state index contributed by atoms with van der Waals surface area (Å²) in [4.78, 5) is 12.8. The van der Waals surface area contributed by atoms with Crippen LogP contribution < -0.4 is 0 Å². The number of rotatable bonds is 2. The predicted molar refractivity (Wildman–Crippen MR) is 89.2 cm³/mol. The van der Waals surface area contributed by atoms with E-state index in [2.05, 4.69) is 31.9 Å². The number of ketones is 1. The lowest BCUT2D eigenvalue weighted by Crippen LogP contribution is -2.04. The van der Waals surface area contributed by atoms with E-state index in [1.165, 1.54) is 12.1 Å². The fourth-order valence-corrected chi connectivity index (χ4v) is 3.06. The third-order valence-corrected chi connectivity index (χ3v) is 4.47. The second-order valence-corrected chi connectivity index (χ2v) is 6.36. The number of hydrogen-bond donors (Lipinski definition) is 0. The van der Waals surface area contributed by atoms with Crippen LogP contribution in [-0.2, 0) is 0 Å². The summed E-state index contributed by atoms with van der Waals surface area (Å²) in [5.41, 5.74) is 1.03. The number of carbonyl (C=O) groups excluding carboxylic acids is 1. The van der Waals surface area contributed by atoms with Crippen molar-refractivity contribution in [1.29, 1.82) is 0 Å². The predicted octanol–water partition coefficient (Wildman–Crippen LogP) is 5.73. The molecule has 0 aliphatic rings. The number of carbonyl (C=O) groups is 1. The fourth-order valence-electron chi connectivity index (χ4n) is 2.28. The minimum absolute atomic E-state index is 0.139. The zero-order chi connectivity index (χ0) is 15.0. The SMILES string of the molecule is O=C(c1cc(Br)ccc1Br)c1ccc(F)c2ccccc12. The smallest absolute Gasteiger partial charge is 0.194 e. The second-order valence-electron chi connectivity index (χ2n) is 4.59. The highest BCUT2D eigenvalue weighted by molar-refractivity contribution is 9.11. The normalized spacial score (nSPS) is 10.8. The van der Waals surface area contributed by atoms with Crippen LogP contribution in [0.15, 0.2) is 63.5 Å². The Labute approximate surface area is 138 Å². The van der Waals surface area contributed by atoms with E-state index < -0.39 is 0 Å². The molecule has 0 aromatic heterocycles. The molecule has 0 saturated heterocycles. The Morgan fingerprint density at radius 2 is 1.57 bits per heavy atom. The maximum Gasteiger partial charge on any atom is 0.194 e. The molecule has 0 spiro atoms. The highest BCUT2D eigenvalue weighted by Crippen LogP contribution is 2.28. The molecule has 0 aliphatic carbocycles. The van der Waals surface area contributed by atoms with Crippen molar-refractivity contribution in [3.8, 4) is 0 Å². The molecule has 0 saturated carbocycles. The van der Waals surface area contributed by atoms with Gasteiger partial charge in [0.2, 0.25) is 0 Å². The van der Waals surface area contributed by atoms with E-state index in [1.54, 1.807) is 30.3 Å². The zero-order valence-corrected chi connectivity index (χ0v) is 13.9. The van der Waals surface area contributed by atoms with Gasteiger partial charge in [0.25, 0.3) is 0 Å². The lowest BCUT2D eigenvalue weighted by Gasteiger charge is -2.08. The van der Waals surface area contributed by atoms with E-state index in [0.717, 1.165) is 4.47 Å². The second kappa shape index (κ2) is 5.70. The number of hydrogen-bond acceptors (Lipinski definition) is 1. The van der Waals surface area contributed by atoms with E-state index in [0.29, 0.717) is 26.4 Å². The molecule has 21 heavy (non-hydrogen) atoms. The minimum atomic E-state index is -0.324. The summed E-state index contributed by atoms with van der Waals surface area (Å²) in [6.07, 6.45) is 0. The quantitative estimate of drug-likeness (QED) is 0.495. The summed E-state index contributed by atoms with van der Waals surface area (Å²) in [6, 6.07) is 15.3. The van der Waals surface area contributed by atoms with Crippen molar-refractivity contribution in [3.63, 3.8) is 0 Å². The fraction of sp³-hybridized carbons (Fsp3) is 0. The molecule has 3 aromatic rings. The van der Waals surface area contributed by atoms with Gasteiger partial charge in [-0.2, -0.15) is 0 Å². The van der Waals surface area contributed by atoms with Gasteiger partial charge in [-0.25, -0.2) is 4.39 Å². The molecule has 0 fully saturated rings. The van der Waals surface area contributed by atoms with Gasteiger partial charge in [0.1, 0.15) is 5.82 Å². The summed E-state index contributed by atoms with van der Waals surface area (Å²) in [5, 5.41) is 1.07. The molecule has 1 nitrogen and oxygen atoms in total. The molecular weight excluding hydrogens is 399 g/mol. The van der Waals surface area contributed by atoms with Gasteiger partial charge in [-0.15, -0.1) is 0 Å². The van der Waals surface area contributed by atoms with Crippen molar-refractivity contribution < 1.29 is 9.18 Å². The highest BCUT2D eigenvalue weighted by Gasteiger charge is 2.16. The van der Waals surface area contributed by atoms with E-state index in [9.17, 15) is 9.18 Å². The van der Waals surface area contributed by atoms with Crippen LogP contribution in [0.3, 0.4) is 0 Å². The Balaban J connectivity index is 2.23. The van der Waals surface area contributed by atoms with Crippen molar-refractivity contribution in [1.82, 2.24) is 0 Å². The molecule has 0 aliphatic heterocycles. The molecule has 3 aromatic carbocycles. The summed E-state index contributed by atoms with van der Waals surface area (Å²) >= 11 is 6.76. The molecule has 0 radical (unpaired) electrons. The van der Waals surface area contributed by atoms with Crippen LogP contribution in [0.25, 0.3) is 10.8 Å². The molecule has 0 unspecified atom stereocenters. The molecule has 0 bridgehead atoms. The van der Waals surface area contributed by atoms with Gasteiger partial charge < -0.3 is 0 Å². The average molecular weight is 408 g/mol. The first kappa shape index (κ1) is 14.4. The Hall–Kier alpha value is -1.52. The topological polar surface area (TPSA) is 17.1 Å². The average Bonchev–Trinajstić information content (AvgIpc) is 2.50. The Bertz CT molecular complexity index is 859. The monoisotopic (exact) mass is 406 g/mol. The lowest BCUT2D eigenvalue weighted by atomic mass is 9.97. The van der Waals surface area contributed by atoms with Crippen molar-refractivity contribution in [2.24, 2.45) is 0 Å². The molecule has 0 heterocycles. The van der Waals surface area contributed by atoms with Crippen molar-refractivity contribution in [3.05, 3.63) is 80.5 Å². The minimum Gasteiger partial charge on any atom is -0.289 e.